The van der Waals surface area contributed by atoms with Gasteiger partial charge in [-0.3, -0.25) is 14.9 Å². The molecule has 0 aromatic heterocycles. The lowest BCUT2D eigenvalue weighted by Gasteiger charge is -2.20. The van der Waals surface area contributed by atoms with E-state index < -0.39 is 41.7 Å². The minimum Gasteiger partial charge on any atom is -0.288 e. The molecule has 0 aliphatic rings. The summed E-state index contributed by atoms with van der Waals surface area (Å²) in [7, 11) is 0. The third-order valence-electron chi connectivity index (χ3n) is 4.32. The highest BCUT2D eigenvalue weighted by molar-refractivity contribution is 6.31. The first kappa shape index (κ1) is 23.3. The third-order valence-corrected chi connectivity index (χ3v) is 4.58. The largest absolute Gasteiger partial charge is 0.395 e. The van der Waals surface area contributed by atoms with Crippen LogP contribution in [-0.4, -0.2) is 18.0 Å². The fraction of sp³-hybridized carbons (Fsp3) is 0.182. The summed E-state index contributed by atoms with van der Waals surface area (Å²) < 4.78 is 52.5. The standard InChI is InChI=1S/C22H18ClF4NO2/c1-3-19(22(25,26)27)13(2)20(29)28-21(30)18(15-6-10-17(24)11-7-15)12-14-4-8-16(23)9-5-14/h4-12,19H,2-3H2,1H3,(H,28,29,30)/b18-12+. The molecular weight excluding hydrogens is 422 g/mol. The molecule has 0 aliphatic carbocycles. The second kappa shape index (κ2) is 9.71. The van der Waals surface area contributed by atoms with E-state index in [0.717, 1.165) is 12.1 Å². The molecule has 0 aliphatic heterocycles. The number of benzene rings is 2. The lowest BCUT2D eigenvalue weighted by Crippen LogP contribution is -2.37. The SMILES string of the molecule is C=C(C(=O)NC(=O)/C(=C/c1ccc(Cl)cc1)c1ccc(F)cc1)C(CC)C(F)(F)F. The van der Waals surface area contributed by atoms with Gasteiger partial charge in [0.1, 0.15) is 5.82 Å². The third kappa shape index (κ3) is 6.03. The summed E-state index contributed by atoms with van der Waals surface area (Å²) in [6.45, 7) is 4.48. The highest BCUT2D eigenvalue weighted by Gasteiger charge is 2.42. The second-order valence-electron chi connectivity index (χ2n) is 6.43. The van der Waals surface area contributed by atoms with Crippen LogP contribution in [0.5, 0.6) is 0 Å². The molecule has 0 saturated carbocycles. The summed E-state index contributed by atoms with van der Waals surface area (Å²) in [5.74, 6) is -4.78. The Morgan fingerprint density at radius 1 is 1.07 bits per heavy atom. The molecule has 1 unspecified atom stereocenters. The van der Waals surface area contributed by atoms with Crippen molar-refractivity contribution in [1.29, 1.82) is 0 Å². The highest BCUT2D eigenvalue weighted by Crippen LogP contribution is 2.33. The number of hydrogen-bond acceptors (Lipinski definition) is 2. The van der Waals surface area contributed by atoms with Crippen LogP contribution in [-0.2, 0) is 9.59 Å². The Bertz CT molecular complexity index is 964. The molecule has 2 rings (SSSR count). The summed E-state index contributed by atoms with van der Waals surface area (Å²) in [5, 5.41) is 2.41. The molecule has 0 fully saturated rings. The summed E-state index contributed by atoms with van der Waals surface area (Å²) in [4.78, 5) is 25.0. The quantitative estimate of drug-likeness (QED) is 0.351. The number of carbonyl (C=O) groups excluding carboxylic acids is 2. The van der Waals surface area contributed by atoms with E-state index in [2.05, 4.69) is 6.58 Å². The average Bonchev–Trinajstić information content (AvgIpc) is 2.67. The zero-order valence-corrected chi connectivity index (χ0v) is 16.6. The molecule has 1 N–H and O–H groups in total. The Morgan fingerprint density at radius 3 is 2.13 bits per heavy atom. The average molecular weight is 440 g/mol. The van der Waals surface area contributed by atoms with Gasteiger partial charge in [0.05, 0.1) is 5.92 Å². The van der Waals surface area contributed by atoms with E-state index in [1.54, 1.807) is 24.3 Å². The number of carbonyl (C=O) groups is 2. The molecule has 2 aromatic rings. The first-order chi connectivity index (χ1) is 14.0. The van der Waals surface area contributed by atoms with Crippen molar-refractivity contribution in [3.8, 4) is 0 Å². The second-order valence-corrected chi connectivity index (χ2v) is 6.86. The molecule has 2 aromatic carbocycles. The van der Waals surface area contributed by atoms with Gasteiger partial charge in [-0.25, -0.2) is 4.39 Å². The van der Waals surface area contributed by atoms with Crippen LogP contribution in [0.15, 0.2) is 60.7 Å². The van der Waals surface area contributed by atoms with Crippen LogP contribution in [0.4, 0.5) is 17.6 Å². The zero-order valence-electron chi connectivity index (χ0n) is 15.9. The number of amides is 2. The molecule has 0 saturated heterocycles. The van der Waals surface area contributed by atoms with Crippen molar-refractivity contribution in [2.24, 2.45) is 5.92 Å². The molecule has 2 amide bonds. The molecule has 0 heterocycles. The van der Waals surface area contributed by atoms with Gasteiger partial charge in [-0.05, 0) is 47.9 Å². The van der Waals surface area contributed by atoms with Gasteiger partial charge < -0.3 is 0 Å². The van der Waals surface area contributed by atoms with Gasteiger partial charge >= 0.3 is 6.18 Å². The fourth-order valence-corrected chi connectivity index (χ4v) is 2.85. The molecule has 3 nitrogen and oxygen atoms in total. The van der Waals surface area contributed by atoms with Gasteiger partial charge in [-0.1, -0.05) is 49.4 Å². The highest BCUT2D eigenvalue weighted by atomic mass is 35.5. The van der Waals surface area contributed by atoms with Crippen molar-refractivity contribution in [3.63, 3.8) is 0 Å². The maximum absolute atomic E-state index is 13.3. The Hall–Kier alpha value is -2.93. The Morgan fingerprint density at radius 2 is 1.63 bits per heavy atom. The molecule has 8 heteroatoms. The summed E-state index contributed by atoms with van der Waals surface area (Å²) in [5.41, 5.74) is 0.00818. The maximum Gasteiger partial charge on any atom is 0.395 e. The van der Waals surface area contributed by atoms with E-state index in [4.69, 9.17) is 11.6 Å². The van der Waals surface area contributed by atoms with Crippen molar-refractivity contribution < 1.29 is 27.2 Å². The Kier molecular flexibility index (Phi) is 7.56. The number of hydrogen-bond donors (Lipinski definition) is 1. The van der Waals surface area contributed by atoms with Gasteiger partial charge in [0.2, 0.25) is 0 Å². The summed E-state index contributed by atoms with van der Waals surface area (Å²) in [6.07, 6.45) is -3.64. The van der Waals surface area contributed by atoms with Crippen molar-refractivity contribution >= 4 is 35.1 Å². The molecule has 1 atom stereocenters. The van der Waals surface area contributed by atoms with Gasteiger partial charge in [0, 0.05) is 16.2 Å². The molecule has 0 spiro atoms. The van der Waals surface area contributed by atoms with E-state index in [1.807, 2.05) is 5.32 Å². The number of rotatable bonds is 6. The number of alkyl halides is 3. The lowest BCUT2D eigenvalue weighted by atomic mass is 9.96. The van der Waals surface area contributed by atoms with Crippen LogP contribution in [0.1, 0.15) is 24.5 Å². The predicted octanol–water partition coefficient (Wildman–Crippen LogP) is 5.81. The summed E-state index contributed by atoms with van der Waals surface area (Å²) in [6, 6.07) is 11.3. The van der Waals surface area contributed by atoms with Crippen molar-refractivity contribution in [2.75, 3.05) is 0 Å². The molecule has 30 heavy (non-hydrogen) atoms. The number of imide groups is 1. The van der Waals surface area contributed by atoms with E-state index in [9.17, 15) is 27.2 Å². The van der Waals surface area contributed by atoms with E-state index >= 15 is 0 Å². The van der Waals surface area contributed by atoms with E-state index in [0.29, 0.717) is 10.6 Å². The normalized spacial score (nSPS) is 12.9. The van der Waals surface area contributed by atoms with Crippen LogP contribution >= 0.6 is 11.6 Å². The van der Waals surface area contributed by atoms with Crippen LogP contribution in [0, 0.1) is 11.7 Å². The van der Waals surface area contributed by atoms with E-state index in [1.165, 1.54) is 25.1 Å². The van der Waals surface area contributed by atoms with Gasteiger partial charge in [-0.2, -0.15) is 13.2 Å². The Labute approximate surface area is 176 Å². The smallest absolute Gasteiger partial charge is 0.288 e. The predicted molar refractivity (Wildman–Crippen MR) is 108 cm³/mol. The van der Waals surface area contributed by atoms with E-state index in [-0.39, 0.29) is 11.1 Å². The topological polar surface area (TPSA) is 46.2 Å². The lowest BCUT2D eigenvalue weighted by molar-refractivity contribution is -0.167. The Balaban J connectivity index is 2.35. The number of halogens is 5. The van der Waals surface area contributed by atoms with Gasteiger partial charge in [-0.15, -0.1) is 0 Å². The minimum absolute atomic E-state index is 0.0430. The van der Waals surface area contributed by atoms with Crippen LogP contribution in [0.25, 0.3) is 11.6 Å². The van der Waals surface area contributed by atoms with Crippen LogP contribution in [0.3, 0.4) is 0 Å². The molecule has 0 bridgehead atoms. The van der Waals surface area contributed by atoms with Crippen LogP contribution < -0.4 is 5.32 Å². The first-order valence-corrected chi connectivity index (χ1v) is 9.25. The number of nitrogens with one attached hydrogen (secondary N) is 1. The molecule has 0 radical (unpaired) electrons. The minimum atomic E-state index is -4.66. The molecular formula is C22H18ClF4NO2. The van der Waals surface area contributed by atoms with Gasteiger partial charge in [0.25, 0.3) is 11.8 Å². The molecule has 158 valence electrons. The fourth-order valence-electron chi connectivity index (χ4n) is 2.72. The van der Waals surface area contributed by atoms with Crippen LogP contribution in [0.2, 0.25) is 5.02 Å². The van der Waals surface area contributed by atoms with Crippen molar-refractivity contribution in [1.82, 2.24) is 5.32 Å². The van der Waals surface area contributed by atoms with Crippen molar-refractivity contribution in [2.45, 2.75) is 19.5 Å². The van der Waals surface area contributed by atoms with Gasteiger partial charge in [0.15, 0.2) is 0 Å². The van der Waals surface area contributed by atoms with Crippen molar-refractivity contribution in [3.05, 3.63) is 82.6 Å². The monoisotopic (exact) mass is 439 g/mol. The zero-order chi connectivity index (χ0) is 22.5. The maximum atomic E-state index is 13.3. The summed E-state index contributed by atoms with van der Waals surface area (Å²) >= 11 is 5.84. The first-order valence-electron chi connectivity index (χ1n) is 8.87.